The molecule has 5 nitrogen and oxygen atoms in total. The first-order valence-corrected chi connectivity index (χ1v) is 4.37. The van der Waals surface area contributed by atoms with E-state index in [1.54, 1.807) is 0 Å². The number of hydrogen-bond acceptors (Lipinski definition) is 4. The molecule has 0 aromatic rings. The van der Waals surface area contributed by atoms with Gasteiger partial charge in [0.25, 0.3) is 10.1 Å². The van der Waals surface area contributed by atoms with E-state index < -0.39 is 21.5 Å². The molecule has 62 valence electrons. The molecule has 0 aliphatic carbocycles. The summed E-state index contributed by atoms with van der Waals surface area (Å²) in [5, 5.41) is 0. The number of nitrogens with one attached hydrogen (secondary N) is 1. The molecule has 0 spiro atoms. The molecule has 10 heavy (non-hydrogen) atoms. The molecule has 0 amide bonds. The molecule has 1 unspecified atom stereocenters. The van der Waals surface area contributed by atoms with Crippen LogP contribution in [0.2, 0.25) is 0 Å². The Hall–Kier alpha value is 0.120. The molecule has 0 radical (unpaired) electrons. The summed E-state index contributed by atoms with van der Waals surface area (Å²) in [5.41, 5.74) is 3.92. The predicted octanol–water partition coefficient (Wildman–Crippen LogP) is -0.707. The highest BCUT2D eigenvalue weighted by atomic mass is 35.5. The largest absolute Gasteiger partial charge is 0.312 e. The van der Waals surface area contributed by atoms with Crippen LogP contribution in [0.1, 0.15) is 6.92 Å². The quantitative estimate of drug-likeness (QED) is 0.309. The van der Waals surface area contributed by atoms with Gasteiger partial charge >= 0.3 is 0 Å². The Bertz CT molecular complexity index is 200. The first-order chi connectivity index (χ1) is 4.27. The summed E-state index contributed by atoms with van der Waals surface area (Å²) in [4.78, 5) is 2.01. The minimum Gasteiger partial charge on any atom is -0.312 e. The van der Waals surface area contributed by atoms with E-state index in [4.69, 9.17) is 22.1 Å². The third-order valence-electron chi connectivity index (χ3n) is 0.698. The molecule has 0 aromatic heterocycles. The average Bonchev–Trinajstić information content (AvgIpc) is 1.60. The molecule has 0 aliphatic rings. The van der Waals surface area contributed by atoms with E-state index in [0.717, 1.165) is 0 Å². The Morgan fingerprint density at radius 2 is 2.20 bits per heavy atom. The summed E-state index contributed by atoms with van der Waals surface area (Å²) < 4.78 is 28.6. The van der Waals surface area contributed by atoms with E-state index in [1.165, 1.54) is 6.92 Å². The fourth-order valence-corrected chi connectivity index (χ4v) is 1.38. The summed E-state index contributed by atoms with van der Waals surface area (Å²) in [6.45, 7) is 1.34. The highest BCUT2D eigenvalue weighted by molar-refractivity contribution is 7.85. The summed E-state index contributed by atoms with van der Waals surface area (Å²) in [7, 11) is -4.07. The van der Waals surface area contributed by atoms with Gasteiger partial charge in [0.2, 0.25) is 0 Å². The third-order valence-corrected chi connectivity index (χ3v) is 2.09. The van der Waals surface area contributed by atoms with Crippen molar-refractivity contribution in [3.8, 4) is 0 Å². The van der Waals surface area contributed by atoms with Crippen LogP contribution in [0.25, 0.3) is 0 Å². The molecule has 0 saturated heterocycles. The van der Waals surface area contributed by atoms with Crippen molar-refractivity contribution < 1.29 is 13.0 Å². The van der Waals surface area contributed by atoms with Gasteiger partial charge in [0.1, 0.15) is 5.75 Å². The van der Waals surface area contributed by atoms with E-state index in [0.29, 0.717) is 0 Å². The van der Waals surface area contributed by atoms with Crippen molar-refractivity contribution in [1.29, 1.82) is 0 Å². The van der Waals surface area contributed by atoms with Gasteiger partial charge in [-0.15, -0.1) is 0 Å². The van der Waals surface area contributed by atoms with Gasteiger partial charge in [0.15, 0.2) is 0 Å². The summed E-state index contributed by atoms with van der Waals surface area (Å²) in [5.74, 6) is -0.622. The lowest BCUT2D eigenvalue weighted by Gasteiger charge is -2.19. The van der Waals surface area contributed by atoms with Crippen LogP contribution in [0.4, 0.5) is 0 Å². The van der Waals surface area contributed by atoms with Crippen molar-refractivity contribution in [3.05, 3.63) is 0 Å². The van der Waals surface area contributed by atoms with Gasteiger partial charge in [0.05, 0.1) is 5.66 Å². The highest BCUT2D eigenvalue weighted by Gasteiger charge is 2.23. The van der Waals surface area contributed by atoms with Crippen LogP contribution >= 0.6 is 11.8 Å². The lowest BCUT2D eigenvalue weighted by molar-refractivity contribution is 0.439. The Morgan fingerprint density at radius 3 is 2.30 bits per heavy atom. The van der Waals surface area contributed by atoms with Crippen molar-refractivity contribution in [3.63, 3.8) is 0 Å². The van der Waals surface area contributed by atoms with E-state index in [1.807, 2.05) is 4.84 Å². The summed E-state index contributed by atoms with van der Waals surface area (Å²) in [6, 6.07) is 0. The molecule has 0 rings (SSSR count). The van der Waals surface area contributed by atoms with Crippen LogP contribution in [-0.4, -0.2) is 24.4 Å². The minimum atomic E-state index is -4.07. The molecule has 7 heteroatoms. The molecule has 0 bridgehead atoms. The van der Waals surface area contributed by atoms with Crippen LogP contribution in [0.15, 0.2) is 0 Å². The van der Waals surface area contributed by atoms with Gasteiger partial charge in [-0.2, -0.15) is 8.42 Å². The maximum Gasteiger partial charge on any atom is 0.268 e. The average molecular weight is 189 g/mol. The van der Waals surface area contributed by atoms with Crippen LogP contribution in [0.5, 0.6) is 0 Å². The maximum absolute atomic E-state index is 10.2. The van der Waals surface area contributed by atoms with E-state index in [2.05, 4.69) is 0 Å². The number of halogens is 1. The van der Waals surface area contributed by atoms with E-state index in [-0.39, 0.29) is 0 Å². The molecule has 0 heterocycles. The van der Waals surface area contributed by atoms with Gasteiger partial charge in [-0.3, -0.25) is 4.55 Å². The Balaban J connectivity index is 4.16. The molecule has 0 aromatic carbocycles. The van der Waals surface area contributed by atoms with Gasteiger partial charge < -0.3 is 5.73 Å². The predicted molar refractivity (Wildman–Crippen MR) is 38.0 cm³/mol. The second-order valence-corrected chi connectivity index (χ2v) is 3.88. The first kappa shape index (κ1) is 10.1. The Labute approximate surface area is 64.4 Å². The second kappa shape index (κ2) is 3.02. The topological polar surface area (TPSA) is 92.4 Å². The fraction of sp³-hybridized carbons (Fsp3) is 1.00. The smallest absolute Gasteiger partial charge is 0.268 e. The zero-order valence-electron chi connectivity index (χ0n) is 5.33. The van der Waals surface area contributed by atoms with Crippen molar-refractivity contribution >= 4 is 21.9 Å². The zero-order chi connectivity index (χ0) is 8.41. The molecule has 0 saturated carbocycles. The monoisotopic (exact) mass is 188 g/mol. The zero-order valence-corrected chi connectivity index (χ0v) is 6.91. The van der Waals surface area contributed by atoms with Crippen molar-refractivity contribution in [1.82, 2.24) is 4.84 Å². The van der Waals surface area contributed by atoms with Gasteiger partial charge in [-0.1, -0.05) is 0 Å². The lowest BCUT2D eigenvalue weighted by atomic mass is 10.3. The summed E-state index contributed by atoms with van der Waals surface area (Å²) >= 11 is 5.05. The van der Waals surface area contributed by atoms with Crippen LogP contribution in [0.3, 0.4) is 0 Å². The number of rotatable bonds is 3. The Kier molecular flexibility index (Phi) is 3.05. The molecular weight excluding hydrogens is 180 g/mol. The minimum absolute atomic E-state index is 0.622. The molecular formula is C3H9ClN2O3S. The first-order valence-electron chi connectivity index (χ1n) is 2.39. The van der Waals surface area contributed by atoms with Crippen molar-refractivity contribution in [2.75, 3.05) is 5.75 Å². The van der Waals surface area contributed by atoms with E-state index in [9.17, 15) is 8.42 Å². The second-order valence-electron chi connectivity index (χ2n) is 2.24. The molecule has 4 N–H and O–H groups in total. The van der Waals surface area contributed by atoms with Gasteiger partial charge in [-0.05, 0) is 18.7 Å². The highest BCUT2D eigenvalue weighted by Crippen LogP contribution is 1.98. The van der Waals surface area contributed by atoms with E-state index >= 15 is 0 Å². The van der Waals surface area contributed by atoms with Crippen molar-refractivity contribution in [2.24, 2.45) is 5.73 Å². The number of nitrogens with two attached hydrogens (primary N) is 1. The standard InChI is InChI=1S/C3H9ClN2O3S/c1-3(5,6-4)2-10(7,8)9/h6H,2,5H2,1H3,(H,7,8,9). The molecule has 1 atom stereocenters. The maximum atomic E-state index is 10.2. The SMILES string of the molecule is CC(N)(CS(=O)(=O)O)NCl. The lowest BCUT2D eigenvalue weighted by Crippen LogP contribution is -2.51. The van der Waals surface area contributed by atoms with Gasteiger partial charge in [-0.25, -0.2) is 4.84 Å². The van der Waals surface area contributed by atoms with Crippen LogP contribution in [0, 0.1) is 0 Å². The molecule has 0 aliphatic heterocycles. The summed E-state index contributed by atoms with van der Waals surface area (Å²) in [6.07, 6.45) is 0. The fourth-order valence-electron chi connectivity index (χ4n) is 0.406. The van der Waals surface area contributed by atoms with Crippen LogP contribution < -0.4 is 10.6 Å². The normalized spacial score (nSPS) is 18.4. The van der Waals surface area contributed by atoms with Crippen LogP contribution in [-0.2, 0) is 10.1 Å². The van der Waals surface area contributed by atoms with Gasteiger partial charge in [0, 0.05) is 0 Å². The number of hydrogen-bond donors (Lipinski definition) is 3. The molecule has 0 fully saturated rings. The third kappa shape index (κ3) is 4.95. The van der Waals surface area contributed by atoms with Crippen molar-refractivity contribution in [2.45, 2.75) is 12.6 Å². The Morgan fingerprint density at radius 1 is 1.80 bits per heavy atom.